The van der Waals surface area contributed by atoms with E-state index in [2.05, 4.69) is 142 Å². The summed E-state index contributed by atoms with van der Waals surface area (Å²) in [6, 6.07) is 0. The van der Waals surface area contributed by atoms with Crippen LogP contribution in [0.1, 0.15) is 271 Å². The third-order valence-corrected chi connectivity index (χ3v) is 12.7. The molecule has 6 heteroatoms. The Kier molecular flexibility index (Phi) is 57.9. The van der Waals surface area contributed by atoms with E-state index in [1.807, 2.05) is 0 Å². The summed E-state index contributed by atoms with van der Waals surface area (Å²) in [5, 5.41) is 0. The van der Waals surface area contributed by atoms with Crippen LogP contribution in [0.15, 0.2) is 122 Å². The molecule has 0 aliphatic rings. The van der Waals surface area contributed by atoms with Crippen LogP contribution in [0.4, 0.5) is 0 Å². The molecule has 0 aromatic heterocycles. The van der Waals surface area contributed by atoms with Crippen LogP contribution in [-0.2, 0) is 28.6 Å². The smallest absolute Gasteiger partial charge is 0.306 e. The molecule has 420 valence electrons. The zero-order valence-electron chi connectivity index (χ0n) is 48.1. The highest BCUT2D eigenvalue weighted by Crippen LogP contribution is 2.16. The van der Waals surface area contributed by atoms with Gasteiger partial charge in [-0.15, -0.1) is 0 Å². The molecule has 0 aromatic rings. The fraction of sp³-hybridized carbons (Fsp3) is 0.662. The fourth-order valence-corrected chi connectivity index (χ4v) is 8.21. The fourth-order valence-electron chi connectivity index (χ4n) is 8.21. The van der Waals surface area contributed by atoms with Crippen LogP contribution in [0.25, 0.3) is 0 Å². The van der Waals surface area contributed by atoms with Crippen molar-refractivity contribution in [3.63, 3.8) is 0 Å². The van der Waals surface area contributed by atoms with Crippen molar-refractivity contribution in [1.82, 2.24) is 0 Å². The molecule has 0 N–H and O–H groups in total. The van der Waals surface area contributed by atoms with E-state index in [1.165, 1.54) is 109 Å². The van der Waals surface area contributed by atoms with Gasteiger partial charge in [0.1, 0.15) is 13.2 Å². The summed E-state index contributed by atoms with van der Waals surface area (Å²) >= 11 is 0. The third-order valence-electron chi connectivity index (χ3n) is 12.7. The Morgan fingerprint density at radius 1 is 0.284 bits per heavy atom. The number of hydrogen-bond donors (Lipinski definition) is 0. The normalized spacial score (nSPS) is 13.0. The van der Waals surface area contributed by atoms with E-state index in [0.717, 1.165) is 109 Å². The molecule has 0 aliphatic carbocycles. The maximum Gasteiger partial charge on any atom is 0.306 e. The molecule has 0 saturated heterocycles. The van der Waals surface area contributed by atoms with Gasteiger partial charge in [-0.05, 0) is 103 Å². The monoisotopic (exact) mass is 1020 g/mol. The van der Waals surface area contributed by atoms with Gasteiger partial charge < -0.3 is 14.2 Å². The maximum atomic E-state index is 12.9. The Hall–Kier alpha value is -4.19. The molecule has 0 bridgehead atoms. The Bertz CT molecular complexity index is 1550. The van der Waals surface area contributed by atoms with Gasteiger partial charge in [-0.25, -0.2) is 0 Å². The van der Waals surface area contributed by atoms with Crippen molar-refractivity contribution in [3.05, 3.63) is 122 Å². The van der Waals surface area contributed by atoms with Gasteiger partial charge in [-0.3, -0.25) is 14.4 Å². The largest absolute Gasteiger partial charge is 0.462 e. The van der Waals surface area contributed by atoms with Crippen LogP contribution in [-0.4, -0.2) is 37.2 Å². The van der Waals surface area contributed by atoms with Crippen molar-refractivity contribution in [2.75, 3.05) is 13.2 Å². The van der Waals surface area contributed by atoms with E-state index in [1.54, 1.807) is 0 Å². The average Bonchev–Trinajstić information content (AvgIpc) is 3.40. The zero-order chi connectivity index (χ0) is 53.6. The number of rotatable bonds is 54. The minimum absolute atomic E-state index is 0.110. The summed E-state index contributed by atoms with van der Waals surface area (Å²) in [5.41, 5.74) is 0. The Morgan fingerprint density at radius 2 is 0.541 bits per heavy atom. The Morgan fingerprint density at radius 3 is 0.878 bits per heavy atom. The molecule has 0 radical (unpaired) electrons. The summed E-state index contributed by atoms with van der Waals surface area (Å²) in [5.74, 6) is -1.000. The highest BCUT2D eigenvalue weighted by molar-refractivity contribution is 5.71. The number of ether oxygens (including phenoxy) is 3. The predicted octanol–water partition coefficient (Wildman–Crippen LogP) is 20.8. The first-order valence-electron chi connectivity index (χ1n) is 30.5. The van der Waals surface area contributed by atoms with E-state index < -0.39 is 6.10 Å². The summed E-state index contributed by atoms with van der Waals surface area (Å²) in [6.45, 7) is 6.35. The predicted molar refractivity (Wildman–Crippen MR) is 320 cm³/mol. The van der Waals surface area contributed by atoms with Crippen molar-refractivity contribution in [1.29, 1.82) is 0 Å². The maximum absolute atomic E-state index is 12.9. The molecule has 0 saturated carbocycles. The van der Waals surface area contributed by atoms with E-state index in [-0.39, 0.29) is 44.0 Å². The number of unbranched alkanes of at least 4 members (excludes halogenated alkanes) is 23. The second-order valence-corrected chi connectivity index (χ2v) is 19.9. The van der Waals surface area contributed by atoms with Gasteiger partial charge in [0.05, 0.1) is 0 Å². The lowest BCUT2D eigenvalue weighted by Gasteiger charge is -2.18. The van der Waals surface area contributed by atoms with Crippen molar-refractivity contribution in [2.45, 2.75) is 277 Å². The summed E-state index contributed by atoms with van der Waals surface area (Å²) in [6.07, 6.45) is 84.9. The van der Waals surface area contributed by atoms with E-state index >= 15 is 0 Å². The van der Waals surface area contributed by atoms with Gasteiger partial charge in [0.2, 0.25) is 0 Å². The summed E-state index contributed by atoms with van der Waals surface area (Å²) in [4.78, 5) is 38.2. The molecular weight excluding hydrogens is 913 g/mol. The number of hydrogen-bond acceptors (Lipinski definition) is 6. The summed E-state index contributed by atoms with van der Waals surface area (Å²) in [7, 11) is 0. The van der Waals surface area contributed by atoms with E-state index in [4.69, 9.17) is 14.2 Å². The SMILES string of the molecule is CC/C=C\C/C=C\C/C=C\C/C=C\C/C=C\CCCCCC(=O)OC(COC(=O)CCC/C=C\C/C=C\C/C=C\C/C=C\C/C=C\CC)COC(=O)CCCCCCCCCCCCCCCCCCCCCC. The molecule has 74 heavy (non-hydrogen) atoms. The van der Waals surface area contributed by atoms with Gasteiger partial charge in [-0.2, -0.15) is 0 Å². The molecular formula is C68H112O6. The van der Waals surface area contributed by atoms with Crippen molar-refractivity contribution >= 4 is 17.9 Å². The lowest BCUT2D eigenvalue weighted by molar-refractivity contribution is -0.167. The standard InChI is InChI=1S/C68H112O6/c1-4-7-10-13-16-19-22-25-28-31-33-35-37-40-43-46-49-52-55-58-61-67(70)73-64-65(63-72-66(69)60-57-54-51-48-45-42-39-36-30-27-24-21-18-15-12-9-6-3)74-68(71)62-59-56-53-50-47-44-41-38-34-32-29-26-23-20-17-14-11-8-5-2/h8-9,11-12,17-18,20-21,26-27,29-30,34,38-39,42,44,47-48,51,65H,4-7,10,13-16,19,22-25,28,31-33,35-37,40-41,43,45-46,49-50,52-64H2,1-3H3/b11-8-,12-9-,20-17-,21-18-,29-26-,30-27-,38-34-,42-39-,47-44-,51-48-. The van der Waals surface area contributed by atoms with Gasteiger partial charge in [0.25, 0.3) is 0 Å². The zero-order valence-corrected chi connectivity index (χ0v) is 48.1. The van der Waals surface area contributed by atoms with Crippen LogP contribution >= 0.6 is 0 Å². The van der Waals surface area contributed by atoms with E-state index in [9.17, 15) is 14.4 Å². The van der Waals surface area contributed by atoms with Gasteiger partial charge in [0.15, 0.2) is 6.10 Å². The van der Waals surface area contributed by atoms with Gasteiger partial charge >= 0.3 is 17.9 Å². The lowest BCUT2D eigenvalue weighted by Crippen LogP contribution is -2.30. The molecule has 0 heterocycles. The van der Waals surface area contributed by atoms with Crippen LogP contribution in [0.3, 0.4) is 0 Å². The molecule has 0 fully saturated rings. The second-order valence-electron chi connectivity index (χ2n) is 19.9. The topological polar surface area (TPSA) is 78.9 Å². The first-order chi connectivity index (χ1) is 36.5. The molecule has 0 amide bonds. The molecule has 1 unspecified atom stereocenters. The van der Waals surface area contributed by atoms with E-state index in [0.29, 0.717) is 19.3 Å². The quantitative estimate of drug-likeness (QED) is 0.0261. The molecule has 0 spiro atoms. The van der Waals surface area contributed by atoms with Crippen molar-refractivity contribution in [2.24, 2.45) is 0 Å². The highest BCUT2D eigenvalue weighted by Gasteiger charge is 2.19. The van der Waals surface area contributed by atoms with Crippen LogP contribution in [0, 0.1) is 0 Å². The van der Waals surface area contributed by atoms with Crippen molar-refractivity contribution in [3.8, 4) is 0 Å². The van der Waals surface area contributed by atoms with Gasteiger partial charge in [0, 0.05) is 19.3 Å². The molecule has 1 atom stereocenters. The average molecular weight is 1030 g/mol. The first kappa shape index (κ1) is 69.8. The van der Waals surface area contributed by atoms with Gasteiger partial charge in [-0.1, -0.05) is 271 Å². The first-order valence-corrected chi connectivity index (χ1v) is 30.5. The Balaban J connectivity index is 4.51. The number of carbonyl (C=O) groups excluding carboxylic acids is 3. The van der Waals surface area contributed by atoms with Crippen LogP contribution in [0.5, 0.6) is 0 Å². The molecule has 6 nitrogen and oxygen atoms in total. The summed E-state index contributed by atoms with van der Waals surface area (Å²) < 4.78 is 16.8. The third kappa shape index (κ3) is 58.7. The molecule has 0 aromatic carbocycles. The van der Waals surface area contributed by atoms with Crippen LogP contribution < -0.4 is 0 Å². The Labute approximate surface area is 456 Å². The molecule has 0 aliphatic heterocycles. The highest BCUT2D eigenvalue weighted by atomic mass is 16.6. The number of esters is 3. The minimum atomic E-state index is -0.822. The minimum Gasteiger partial charge on any atom is -0.462 e. The lowest BCUT2D eigenvalue weighted by atomic mass is 10.0. The second kappa shape index (κ2) is 61.4. The number of carbonyl (C=O) groups is 3. The van der Waals surface area contributed by atoms with Crippen LogP contribution in [0.2, 0.25) is 0 Å². The number of allylic oxidation sites excluding steroid dienone is 20. The van der Waals surface area contributed by atoms with Crippen molar-refractivity contribution < 1.29 is 28.6 Å². The molecule has 0 rings (SSSR count).